The number of carbonyl (C=O) groups is 2. The summed E-state index contributed by atoms with van der Waals surface area (Å²) in [5, 5.41) is 8.50. The number of thiophene rings is 1. The Hall–Kier alpha value is -3.52. The van der Waals surface area contributed by atoms with Crippen molar-refractivity contribution in [2.75, 3.05) is 12.4 Å². The summed E-state index contributed by atoms with van der Waals surface area (Å²) < 4.78 is 6.47. The van der Waals surface area contributed by atoms with E-state index < -0.39 is 5.97 Å². The van der Waals surface area contributed by atoms with E-state index in [9.17, 15) is 9.59 Å². The van der Waals surface area contributed by atoms with E-state index in [0.717, 1.165) is 22.3 Å². The van der Waals surface area contributed by atoms with Crippen LogP contribution in [0.2, 0.25) is 0 Å². The van der Waals surface area contributed by atoms with Crippen molar-refractivity contribution in [1.29, 1.82) is 0 Å². The maximum atomic E-state index is 12.5. The average molecular weight is 392 g/mol. The van der Waals surface area contributed by atoms with Crippen molar-refractivity contribution >= 4 is 39.2 Å². The first-order valence-corrected chi connectivity index (χ1v) is 9.30. The van der Waals surface area contributed by atoms with Gasteiger partial charge < -0.3 is 10.1 Å². The number of esters is 1. The molecule has 0 atom stereocenters. The summed E-state index contributed by atoms with van der Waals surface area (Å²) in [5.74, 6) is -0.733. The van der Waals surface area contributed by atoms with Crippen LogP contribution < -0.4 is 5.32 Å². The Morgan fingerprint density at radius 2 is 1.96 bits per heavy atom. The molecule has 1 aromatic carbocycles. The number of carbonyl (C=O) groups excluding carboxylic acids is 2. The third-order valence-electron chi connectivity index (χ3n) is 4.14. The SMILES string of the molecule is COC(=O)c1ccc(NC(=O)c2cnc3c(cnn3Cc3ccccc3)c2)s1. The maximum absolute atomic E-state index is 12.5. The smallest absolute Gasteiger partial charge is 0.348 e. The second kappa shape index (κ2) is 7.61. The number of methoxy groups -OCH3 is 1. The summed E-state index contributed by atoms with van der Waals surface area (Å²) in [6, 6.07) is 15.0. The summed E-state index contributed by atoms with van der Waals surface area (Å²) >= 11 is 1.15. The van der Waals surface area contributed by atoms with Crippen molar-refractivity contribution in [3.05, 3.63) is 76.9 Å². The van der Waals surface area contributed by atoms with E-state index in [1.54, 1.807) is 29.1 Å². The van der Waals surface area contributed by atoms with E-state index in [-0.39, 0.29) is 5.91 Å². The Kier molecular flexibility index (Phi) is 4.86. The molecule has 1 N–H and O–H groups in total. The number of pyridine rings is 1. The van der Waals surface area contributed by atoms with Gasteiger partial charge in [-0.05, 0) is 23.8 Å². The number of ether oxygens (including phenoxy) is 1. The summed E-state index contributed by atoms with van der Waals surface area (Å²) in [7, 11) is 1.32. The van der Waals surface area contributed by atoms with Gasteiger partial charge in [-0.2, -0.15) is 5.10 Å². The largest absolute Gasteiger partial charge is 0.465 e. The van der Waals surface area contributed by atoms with E-state index >= 15 is 0 Å². The first kappa shape index (κ1) is 17.9. The number of nitrogens with one attached hydrogen (secondary N) is 1. The Labute approximate surface area is 164 Å². The van der Waals surface area contributed by atoms with E-state index in [1.807, 2.05) is 30.3 Å². The minimum absolute atomic E-state index is 0.302. The lowest BCUT2D eigenvalue weighted by atomic mass is 10.2. The van der Waals surface area contributed by atoms with Gasteiger partial charge in [0.25, 0.3) is 5.91 Å². The molecule has 4 aromatic rings. The van der Waals surface area contributed by atoms with Crippen LogP contribution in [0.15, 0.2) is 60.9 Å². The van der Waals surface area contributed by atoms with Crippen molar-refractivity contribution in [3.63, 3.8) is 0 Å². The summed E-state index contributed by atoms with van der Waals surface area (Å²) in [4.78, 5) is 28.9. The van der Waals surface area contributed by atoms with Crippen LogP contribution in [0.1, 0.15) is 25.6 Å². The van der Waals surface area contributed by atoms with Crippen molar-refractivity contribution in [1.82, 2.24) is 14.8 Å². The highest BCUT2D eigenvalue weighted by Crippen LogP contribution is 2.23. The molecule has 8 heteroatoms. The normalized spacial score (nSPS) is 10.8. The molecule has 0 aliphatic carbocycles. The van der Waals surface area contributed by atoms with E-state index in [2.05, 4.69) is 20.1 Å². The molecule has 0 saturated heterocycles. The third-order valence-corrected chi connectivity index (χ3v) is 5.12. The van der Waals surface area contributed by atoms with E-state index in [0.29, 0.717) is 27.6 Å². The zero-order valence-corrected chi connectivity index (χ0v) is 15.8. The highest BCUT2D eigenvalue weighted by molar-refractivity contribution is 7.18. The molecule has 0 saturated carbocycles. The van der Waals surface area contributed by atoms with Crippen molar-refractivity contribution in [2.45, 2.75) is 6.54 Å². The van der Waals surface area contributed by atoms with Gasteiger partial charge in [0.15, 0.2) is 5.65 Å². The van der Waals surface area contributed by atoms with Gasteiger partial charge in [0.05, 0.1) is 30.4 Å². The quantitative estimate of drug-likeness (QED) is 0.525. The number of hydrogen-bond acceptors (Lipinski definition) is 6. The minimum atomic E-state index is -0.431. The fraction of sp³-hybridized carbons (Fsp3) is 0.100. The van der Waals surface area contributed by atoms with Crippen LogP contribution in [-0.2, 0) is 11.3 Å². The number of amides is 1. The molecular formula is C20H16N4O3S. The molecule has 0 unspecified atom stereocenters. The minimum Gasteiger partial charge on any atom is -0.465 e. The number of nitrogens with zero attached hydrogens (tertiary/aromatic N) is 3. The van der Waals surface area contributed by atoms with Crippen LogP contribution in [-0.4, -0.2) is 33.8 Å². The van der Waals surface area contributed by atoms with Crippen LogP contribution in [0, 0.1) is 0 Å². The highest BCUT2D eigenvalue weighted by atomic mass is 32.1. The molecule has 7 nitrogen and oxygen atoms in total. The fourth-order valence-electron chi connectivity index (χ4n) is 2.77. The first-order valence-electron chi connectivity index (χ1n) is 8.49. The van der Waals surface area contributed by atoms with Gasteiger partial charge in [0, 0.05) is 11.6 Å². The molecule has 0 radical (unpaired) electrons. The lowest BCUT2D eigenvalue weighted by Crippen LogP contribution is -2.11. The van der Waals surface area contributed by atoms with Crippen LogP contribution in [0.5, 0.6) is 0 Å². The third kappa shape index (κ3) is 3.63. The van der Waals surface area contributed by atoms with Crippen LogP contribution in [0.25, 0.3) is 11.0 Å². The molecule has 0 bridgehead atoms. The summed E-state index contributed by atoms with van der Waals surface area (Å²) in [6.07, 6.45) is 3.22. The lowest BCUT2D eigenvalue weighted by Gasteiger charge is -2.05. The van der Waals surface area contributed by atoms with Crippen LogP contribution >= 0.6 is 11.3 Å². The average Bonchev–Trinajstić information content (AvgIpc) is 3.35. The molecule has 28 heavy (non-hydrogen) atoms. The Balaban J connectivity index is 1.52. The van der Waals surface area contributed by atoms with Gasteiger partial charge >= 0.3 is 5.97 Å². The number of aromatic nitrogens is 3. The molecule has 3 heterocycles. The zero-order valence-electron chi connectivity index (χ0n) is 15.0. The van der Waals surface area contributed by atoms with Crippen molar-refractivity contribution in [2.24, 2.45) is 0 Å². The lowest BCUT2D eigenvalue weighted by molar-refractivity contribution is 0.0606. The number of rotatable bonds is 5. The fourth-order valence-corrected chi connectivity index (χ4v) is 3.59. The second-order valence-electron chi connectivity index (χ2n) is 6.03. The molecule has 140 valence electrons. The number of anilines is 1. The summed E-state index contributed by atoms with van der Waals surface area (Å²) in [5.41, 5.74) is 2.25. The van der Waals surface area contributed by atoms with Gasteiger partial charge in [-0.1, -0.05) is 30.3 Å². The molecule has 0 aliphatic rings. The van der Waals surface area contributed by atoms with Gasteiger partial charge in [-0.25, -0.2) is 14.5 Å². The highest BCUT2D eigenvalue weighted by Gasteiger charge is 2.14. The maximum Gasteiger partial charge on any atom is 0.348 e. The molecule has 4 rings (SSSR count). The Morgan fingerprint density at radius 1 is 1.14 bits per heavy atom. The predicted octanol–water partition coefficient (Wildman–Crippen LogP) is 3.58. The molecule has 0 spiro atoms. The monoisotopic (exact) mass is 392 g/mol. The van der Waals surface area contributed by atoms with Crippen molar-refractivity contribution < 1.29 is 14.3 Å². The van der Waals surface area contributed by atoms with Crippen molar-refractivity contribution in [3.8, 4) is 0 Å². The molecular weight excluding hydrogens is 376 g/mol. The zero-order chi connectivity index (χ0) is 19.5. The standard InChI is InChI=1S/C20H16N4O3S/c1-27-20(26)16-7-8-17(28-16)23-19(25)15-9-14-11-22-24(18(14)21-10-15)12-13-5-3-2-4-6-13/h2-11H,12H2,1H3,(H,23,25). The van der Waals surface area contributed by atoms with Crippen LogP contribution in [0.3, 0.4) is 0 Å². The van der Waals surface area contributed by atoms with Gasteiger partial charge in [-0.15, -0.1) is 11.3 Å². The molecule has 0 aliphatic heterocycles. The summed E-state index contributed by atoms with van der Waals surface area (Å²) in [6.45, 7) is 0.606. The number of benzene rings is 1. The van der Waals surface area contributed by atoms with Crippen LogP contribution in [0.4, 0.5) is 5.00 Å². The predicted molar refractivity (Wildman–Crippen MR) is 107 cm³/mol. The number of fused-ring (bicyclic) bond motifs is 1. The van der Waals surface area contributed by atoms with E-state index in [1.165, 1.54) is 13.3 Å². The van der Waals surface area contributed by atoms with E-state index in [4.69, 9.17) is 0 Å². The topological polar surface area (TPSA) is 86.1 Å². The molecule has 0 fully saturated rings. The Morgan fingerprint density at radius 3 is 2.75 bits per heavy atom. The number of hydrogen-bond donors (Lipinski definition) is 1. The molecule has 3 aromatic heterocycles. The van der Waals surface area contributed by atoms with Gasteiger partial charge in [0.2, 0.25) is 0 Å². The molecule has 1 amide bonds. The second-order valence-corrected chi connectivity index (χ2v) is 7.12. The Bertz CT molecular complexity index is 1150. The van der Waals surface area contributed by atoms with Gasteiger partial charge in [-0.3, -0.25) is 4.79 Å². The van der Waals surface area contributed by atoms with Gasteiger partial charge in [0.1, 0.15) is 4.88 Å². The first-order chi connectivity index (χ1) is 13.6.